The van der Waals surface area contributed by atoms with Crippen molar-refractivity contribution in [3.63, 3.8) is 0 Å². The molecule has 6 nitrogen and oxygen atoms in total. The maximum atomic E-state index is 14.0. The molecule has 0 N–H and O–H groups in total. The first kappa shape index (κ1) is 18.9. The Hall–Kier alpha value is -2.87. The molecule has 156 valence electrons. The summed E-state index contributed by atoms with van der Waals surface area (Å²) in [6, 6.07) is 16.1. The normalized spacial score (nSPS) is 28.1. The third-order valence-corrected chi connectivity index (χ3v) is 7.85. The minimum atomic E-state index is -0.936. The van der Waals surface area contributed by atoms with Crippen molar-refractivity contribution in [1.82, 2.24) is 4.98 Å². The summed E-state index contributed by atoms with van der Waals surface area (Å²) in [6.07, 6.45) is 0.875. The van der Waals surface area contributed by atoms with Crippen molar-refractivity contribution in [3.8, 4) is 0 Å². The van der Waals surface area contributed by atoms with Gasteiger partial charge in [-0.15, -0.1) is 11.3 Å². The van der Waals surface area contributed by atoms with Crippen LogP contribution >= 0.6 is 11.3 Å². The molecule has 2 bridgehead atoms. The third kappa shape index (κ3) is 2.11. The van der Waals surface area contributed by atoms with Gasteiger partial charge < -0.3 is 9.47 Å². The average Bonchev–Trinajstić information content (AvgIpc) is 3.42. The van der Waals surface area contributed by atoms with Crippen LogP contribution in [0, 0.1) is 11.8 Å². The van der Waals surface area contributed by atoms with E-state index in [2.05, 4.69) is 17.1 Å². The lowest BCUT2D eigenvalue weighted by molar-refractivity contribution is -0.168. The van der Waals surface area contributed by atoms with Crippen LogP contribution in [0.3, 0.4) is 0 Å². The number of nitrogens with zero attached hydrogens (tertiary/aromatic N) is 2. The van der Waals surface area contributed by atoms with Crippen LogP contribution in [0.4, 0.5) is 5.13 Å². The van der Waals surface area contributed by atoms with E-state index in [9.17, 15) is 9.59 Å². The van der Waals surface area contributed by atoms with Gasteiger partial charge in [-0.2, -0.15) is 0 Å². The minimum Gasteiger partial charge on any atom is -0.355 e. The number of methoxy groups -OCH3 is 2. The molecular weight excluding hydrogens is 412 g/mol. The highest BCUT2D eigenvalue weighted by atomic mass is 32.1. The molecule has 1 aliphatic heterocycles. The van der Waals surface area contributed by atoms with Crippen LogP contribution in [0.1, 0.15) is 28.2 Å². The number of imide groups is 1. The molecule has 0 radical (unpaired) electrons. The number of rotatable bonds is 4. The molecule has 7 heteroatoms. The standard InChI is InChI=1S/C24H20N2O4S/c1-29-22(30-2)24-15-9-5-3-7-13(15)17(14-8-4-6-10-16(14)24)18-19(24)21(28)26(20(18)27)23-25-11-12-31-23/h3-12,17-19,22H,1-2H3/t17?,18-,19+,24?/m1/s1. The van der Waals surface area contributed by atoms with Crippen LogP contribution < -0.4 is 4.90 Å². The molecule has 2 atom stereocenters. The number of carbonyl (C=O) groups is 2. The predicted molar refractivity (Wildman–Crippen MR) is 115 cm³/mol. The fourth-order valence-corrected chi connectivity index (χ4v) is 6.86. The fraction of sp³-hybridized carbons (Fsp3) is 0.292. The molecule has 4 aliphatic rings. The smallest absolute Gasteiger partial charge is 0.241 e. The zero-order chi connectivity index (χ0) is 21.3. The van der Waals surface area contributed by atoms with Crippen LogP contribution in [0.5, 0.6) is 0 Å². The first-order valence-corrected chi connectivity index (χ1v) is 11.1. The second kappa shape index (κ2) is 6.56. The Kier molecular flexibility index (Phi) is 3.99. The molecule has 0 saturated carbocycles. The van der Waals surface area contributed by atoms with Gasteiger partial charge >= 0.3 is 0 Å². The van der Waals surface area contributed by atoms with Crippen molar-refractivity contribution in [2.75, 3.05) is 19.1 Å². The maximum Gasteiger partial charge on any atom is 0.241 e. The summed E-state index contributed by atoms with van der Waals surface area (Å²) in [7, 11) is 3.17. The lowest BCUT2D eigenvalue weighted by Crippen LogP contribution is -2.60. The topological polar surface area (TPSA) is 68.7 Å². The van der Waals surface area contributed by atoms with Gasteiger partial charge in [-0.05, 0) is 22.3 Å². The number of amides is 2. The second-order valence-corrected chi connectivity index (χ2v) is 9.03. The molecule has 1 fully saturated rings. The van der Waals surface area contributed by atoms with Crippen molar-refractivity contribution in [2.24, 2.45) is 11.8 Å². The van der Waals surface area contributed by atoms with Gasteiger partial charge in [0.15, 0.2) is 11.4 Å². The van der Waals surface area contributed by atoms with Gasteiger partial charge in [-0.25, -0.2) is 9.88 Å². The number of carbonyl (C=O) groups excluding carboxylic acids is 2. The first-order valence-electron chi connectivity index (χ1n) is 10.2. The van der Waals surface area contributed by atoms with Crippen LogP contribution in [0.25, 0.3) is 0 Å². The largest absolute Gasteiger partial charge is 0.355 e. The van der Waals surface area contributed by atoms with E-state index >= 15 is 0 Å². The SMILES string of the molecule is COC(OC)C12c3ccccc3C(c3ccccc31)[C@H]1C(=O)N(c3nccs3)C(=O)[C@H]12. The Bertz CT molecular complexity index is 1160. The lowest BCUT2D eigenvalue weighted by Gasteiger charge is -2.56. The van der Waals surface area contributed by atoms with Crippen molar-refractivity contribution in [1.29, 1.82) is 0 Å². The number of thiazole rings is 1. The number of anilines is 1. The van der Waals surface area contributed by atoms with Crippen molar-refractivity contribution < 1.29 is 19.1 Å². The third-order valence-electron chi connectivity index (χ3n) is 7.09. The Morgan fingerprint density at radius 1 is 0.968 bits per heavy atom. The molecule has 3 aliphatic carbocycles. The number of benzene rings is 2. The van der Waals surface area contributed by atoms with Crippen molar-refractivity contribution in [3.05, 3.63) is 82.4 Å². The van der Waals surface area contributed by atoms with E-state index in [1.807, 2.05) is 36.4 Å². The summed E-state index contributed by atoms with van der Waals surface area (Å²) >= 11 is 1.29. The number of aromatic nitrogens is 1. The van der Waals surface area contributed by atoms with Gasteiger partial charge in [-0.1, -0.05) is 48.5 Å². The Labute approximate surface area is 183 Å². The highest BCUT2D eigenvalue weighted by molar-refractivity contribution is 7.14. The van der Waals surface area contributed by atoms with Crippen molar-refractivity contribution in [2.45, 2.75) is 17.6 Å². The maximum absolute atomic E-state index is 14.0. The summed E-state index contributed by atoms with van der Waals surface area (Å²) in [5.41, 5.74) is 3.17. The molecule has 2 amide bonds. The van der Waals surface area contributed by atoms with E-state index in [0.717, 1.165) is 22.3 Å². The quantitative estimate of drug-likeness (QED) is 0.467. The van der Waals surface area contributed by atoms with E-state index in [1.165, 1.54) is 16.2 Å². The molecule has 3 aromatic rings. The average molecular weight is 433 g/mol. The van der Waals surface area contributed by atoms with E-state index in [1.54, 1.807) is 25.8 Å². The Morgan fingerprint density at radius 3 is 2.13 bits per heavy atom. The molecule has 1 aromatic heterocycles. The minimum absolute atomic E-state index is 0.199. The fourth-order valence-electron chi connectivity index (χ4n) is 6.21. The van der Waals surface area contributed by atoms with Gasteiger partial charge in [0, 0.05) is 31.7 Å². The summed E-state index contributed by atoms with van der Waals surface area (Å²) in [5.74, 6) is -1.81. The number of hydrogen-bond donors (Lipinski definition) is 0. The van der Waals surface area contributed by atoms with Crippen LogP contribution in [-0.4, -0.2) is 37.3 Å². The molecule has 7 rings (SSSR count). The predicted octanol–water partition coefficient (Wildman–Crippen LogP) is 3.31. The summed E-state index contributed by atoms with van der Waals surface area (Å²) in [4.78, 5) is 33.3. The summed E-state index contributed by atoms with van der Waals surface area (Å²) < 4.78 is 11.7. The van der Waals surface area contributed by atoms with E-state index in [0.29, 0.717) is 5.13 Å². The van der Waals surface area contributed by atoms with Gasteiger partial charge in [0.2, 0.25) is 11.8 Å². The zero-order valence-corrected chi connectivity index (χ0v) is 17.8. The lowest BCUT2D eigenvalue weighted by atomic mass is 9.47. The molecular formula is C24H20N2O4S. The molecule has 0 unspecified atom stereocenters. The van der Waals surface area contributed by atoms with Gasteiger partial charge in [0.25, 0.3) is 0 Å². The number of ether oxygens (including phenoxy) is 2. The van der Waals surface area contributed by atoms with Gasteiger partial charge in [-0.3, -0.25) is 9.59 Å². The number of hydrogen-bond acceptors (Lipinski definition) is 6. The molecule has 2 heterocycles. The molecule has 1 saturated heterocycles. The van der Waals surface area contributed by atoms with Crippen LogP contribution in [-0.2, 0) is 24.5 Å². The first-order chi connectivity index (χ1) is 15.2. The molecule has 2 aromatic carbocycles. The van der Waals surface area contributed by atoms with E-state index < -0.39 is 23.5 Å². The monoisotopic (exact) mass is 432 g/mol. The Balaban J connectivity index is 1.71. The van der Waals surface area contributed by atoms with E-state index in [4.69, 9.17) is 9.47 Å². The molecule has 0 spiro atoms. The van der Waals surface area contributed by atoms with Gasteiger partial charge in [0.05, 0.1) is 17.3 Å². The molecule has 31 heavy (non-hydrogen) atoms. The highest BCUT2D eigenvalue weighted by Crippen LogP contribution is 2.65. The highest BCUT2D eigenvalue weighted by Gasteiger charge is 2.71. The Morgan fingerprint density at radius 2 is 1.58 bits per heavy atom. The van der Waals surface area contributed by atoms with Crippen LogP contribution in [0.15, 0.2) is 60.1 Å². The van der Waals surface area contributed by atoms with Gasteiger partial charge in [0.1, 0.15) is 0 Å². The second-order valence-electron chi connectivity index (χ2n) is 8.15. The van der Waals surface area contributed by atoms with Crippen molar-refractivity contribution >= 4 is 28.3 Å². The summed E-state index contributed by atoms with van der Waals surface area (Å²) in [5, 5.41) is 2.19. The summed E-state index contributed by atoms with van der Waals surface area (Å²) in [6.45, 7) is 0. The van der Waals surface area contributed by atoms with E-state index in [-0.39, 0.29) is 17.7 Å². The zero-order valence-electron chi connectivity index (χ0n) is 17.0. The van der Waals surface area contributed by atoms with Crippen LogP contribution in [0.2, 0.25) is 0 Å².